The molecule has 0 radical (unpaired) electrons. The van der Waals surface area contributed by atoms with Crippen molar-refractivity contribution in [2.24, 2.45) is 0 Å². The molecule has 2 heterocycles. The van der Waals surface area contributed by atoms with Crippen molar-refractivity contribution in [3.05, 3.63) is 30.3 Å². The highest BCUT2D eigenvalue weighted by Crippen LogP contribution is 2.32. The van der Waals surface area contributed by atoms with Gasteiger partial charge in [-0.2, -0.15) is 0 Å². The van der Waals surface area contributed by atoms with Gasteiger partial charge in [0.25, 0.3) is 0 Å². The van der Waals surface area contributed by atoms with E-state index in [0.29, 0.717) is 42.4 Å². The van der Waals surface area contributed by atoms with Crippen molar-refractivity contribution in [1.82, 2.24) is 15.1 Å². The molecule has 1 aliphatic heterocycles. The summed E-state index contributed by atoms with van der Waals surface area (Å²) in [5, 5.41) is 18.3. The highest BCUT2D eigenvalue weighted by atomic mass is 16.6. The molecule has 9 heteroatoms. The number of nitrogens with zero attached hydrogens (tertiary/aromatic N) is 4. The number of carbonyl (C=O) groups is 2. The maximum absolute atomic E-state index is 12.7. The normalized spacial score (nSPS) is 16.7. The number of benzene rings is 1. The number of hydrogen-bond donors (Lipinski definition) is 2. The van der Waals surface area contributed by atoms with E-state index in [2.05, 4.69) is 15.1 Å². The number of ether oxygens (including phenoxy) is 1. The summed E-state index contributed by atoms with van der Waals surface area (Å²) in [4.78, 5) is 28.5. The number of para-hydroxylation sites is 1. The summed E-state index contributed by atoms with van der Waals surface area (Å²) in [6.45, 7) is 9.01. The first kappa shape index (κ1) is 23.3. The van der Waals surface area contributed by atoms with Crippen LogP contribution in [0.2, 0.25) is 0 Å². The van der Waals surface area contributed by atoms with Gasteiger partial charge in [-0.05, 0) is 45.9 Å². The highest BCUT2D eigenvalue weighted by Gasteiger charge is 2.29. The molecule has 0 aliphatic carbocycles. The SMILES string of the molecule is CC1CN(c2cc(-c3ccccc3O)nnc2N)CCN1C(=O)CCC(=O)OC(C)(C)C. The predicted molar refractivity (Wildman–Crippen MR) is 122 cm³/mol. The topological polar surface area (TPSA) is 122 Å². The molecule has 9 nitrogen and oxygen atoms in total. The fraction of sp³-hybridized carbons (Fsp3) is 0.478. The van der Waals surface area contributed by atoms with Gasteiger partial charge in [-0.15, -0.1) is 10.2 Å². The molecule has 1 atom stereocenters. The molecule has 1 amide bonds. The molecule has 0 spiro atoms. The average molecular weight is 442 g/mol. The first-order valence-corrected chi connectivity index (χ1v) is 10.7. The van der Waals surface area contributed by atoms with Crippen molar-refractivity contribution in [2.75, 3.05) is 30.3 Å². The average Bonchev–Trinajstić information content (AvgIpc) is 2.71. The molecule has 1 aromatic carbocycles. The van der Waals surface area contributed by atoms with Crippen LogP contribution in [-0.4, -0.2) is 63.4 Å². The number of anilines is 2. The quantitative estimate of drug-likeness (QED) is 0.679. The van der Waals surface area contributed by atoms with Crippen LogP contribution in [-0.2, 0) is 14.3 Å². The monoisotopic (exact) mass is 441 g/mol. The highest BCUT2D eigenvalue weighted by molar-refractivity contribution is 5.82. The number of phenolic OH excluding ortho intramolecular Hbond substituents is 1. The summed E-state index contributed by atoms with van der Waals surface area (Å²) in [5.74, 6) is -0.0319. The predicted octanol–water partition coefficient (Wildman–Crippen LogP) is 2.59. The molecular formula is C23H31N5O4. The lowest BCUT2D eigenvalue weighted by Crippen LogP contribution is -2.54. The Morgan fingerprint density at radius 2 is 1.91 bits per heavy atom. The van der Waals surface area contributed by atoms with Crippen molar-refractivity contribution in [3.8, 4) is 17.0 Å². The second-order valence-electron chi connectivity index (χ2n) is 8.99. The summed E-state index contributed by atoms with van der Waals surface area (Å²) in [7, 11) is 0. The number of carbonyl (C=O) groups excluding carboxylic acids is 2. The Kier molecular flexibility index (Phi) is 6.86. The maximum atomic E-state index is 12.7. The number of phenols is 1. The van der Waals surface area contributed by atoms with E-state index in [4.69, 9.17) is 10.5 Å². The Morgan fingerprint density at radius 3 is 2.56 bits per heavy atom. The van der Waals surface area contributed by atoms with E-state index in [9.17, 15) is 14.7 Å². The second kappa shape index (κ2) is 9.42. The van der Waals surface area contributed by atoms with Crippen LogP contribution in [0.25, 0.3) is 11.3 Å². The zero-order chi connectivity index (χ0) is 23.5. The molecule has 1 aromatic heterocycles. The van der Waals surface area contributed by atoms with Gasteiger partial charge in [0.2, 0.25) is 5.91 Å². The minimum Gasteiger partial charge on any atom is -0.507 e. The number of esters is 1. The van der Waals surface area contributed by atoms with Crippen molar-refractivity contribution in [2.45, 2.75) is 52.2 Å². The number of aromatic nitrogens is 2. The van der Waals surface area contributed by atoms with Crippen molar-refractivity contribution >= 4 is 23.4 Å². The second-order valence-corrected chi connectivity index (χ2v) is 8.99. The van der Waals surface area contributed by atoms with E-state index in [1.807, 2.05) is 19.1 Å². The molecular weight excluding hydrogens is 410 g/mol. The third-order valence-corrected chi connectivity index (χ3v) is 5.23. The zero-order valence-electron chi connectivity index (χ0n) is 19.0. The maximum Gasteiger partial charge on any atom is 0.306 e. The summed E-state index contributed by atoms with van der Waals surface area (Å²) in [5.41, 5.74) is 7.35. The number of aromatic hydroxyl groups is 1. The Morgan fingerprint density at radius 1 is 1.19 bits per heavy atom. The third kappa shape index (κ3) is 5.66. The molecule has 32 heavy (non-hydrogen) atoms. The Balaban J connectivity index is 1.65. The lowest BCUT2D eigenvalue weighted by Gasteiger charge is -2.41. The van der Waals surface area contributed by atoms with Gasteiger partial charge in [-0.3, -0.25) is 9.59 Å². The van der Waals surface area contributed by atoms with Crippen molar-refractivity contribution in [3.63, 3.8) is 0 Å². The number of amides is 1. The molecule has 0 saturated carbocycles. The number of piperazine rings is 1. The molecule has 1 fully saturated rings. The van der Waals surface area contributed by atoms with Crippen LogP contribution in [0.5, 0.6) is 5.75 Å². The van der Waals surface area contributed by atoms with Gasteiger partial charge in [-0.1, -0.05) is 12.1 Å². The van der Waals surface area contributed by atoms with Gasteiger partial charge in [-0.25, -0.2) is 0 Å². The number of hydrogen-bond acceptors (Lipinski definition) is 8. The number of nitrogens with two attached hydrogens (primary N) is 1. The van der Waals surface area contributed by atoms with E-state index in [1.54, 1.807) is 43.9 Å². The molecule has 1 aliphatic rings. The van der Waals surface area contributed by atoms with Crippen LogP contribution in [0.4, 0.5) is 11.5 Å². The minimum absolute atomic E-state index is 0.0637. The molecule has 172 valence electrons. The van der Waals surface area contributed by atoms with Gasteiger partial charge in [0, 0.05) is 37.7 Å². The molecule has 1 saturated heterocycles. The Labute approximate surface area is 188 Å². The van der Waals surface area contributed by atoms with Crippen LogP contribution in [0.15, 0.2) is 30.3 Å². The van der Waals surface area contributed by atoms with E-state index < -0.39 is 5.60 Å². The molecule has 2 aromatic rings. The van der Waals surface area contributed by atoms with Crippen LogP contribution in [0.1, 0.15) is 40.5 Å². The standard InChI is InChI=1S/C23H31N5O4/c1-15-14-27(11-12-28(15)20(30)9-10-21(31)32-23(2,3)4)18-13-17(25-26-22(18)24)16-7-5-6-8-19(16)29/h5-8,13,15,29H,9-12,14H2,1-4H3,(H2,24,26). The first-order chi connectivity index (χ1) is 15.0. The van der Waals surface area contributed by atoms with Gasteiger partial charge < -0.3 is 25.4 Å². The van der Waals surface area contributed by atoms with Gasteiger partial charge in [0.1, 0.15) is 11.4 Å². The third-order valence-electron chi connectivity index (χ3n) is 5.23. The van der Waals surface area contributed by atoms with Gasteiger partial charge in [0.15, 0.2) is 5.82 Å². The van der Waals surface area contributed by atoms with Crippen LogP contribution >= 0.6 is 0 Å². The number of rotatable bonds is 5. The van der Waals surface area contributed by atoms with Crippen molar-refractivity contribution < 1.29 is 19.4 Å². The lowest BCUT2D eigenvalue weighted by molar-refractivity contribution is -0.156. The molecule has 1 unspecified atom stereocenters. The van der Waals surface area contributed by atoms with Gasteiger partial charge in [0.05, 0.1) is 17.8 Å². The van der Waals surface area contributed by atoms with E-state index in [0.717, 1.165) is 0 Å². The number of nitrogen functional groups attached to an aromatic ring is 1. The van der Waals surface area contributed by atoms with Gasteiger partial charge >= 0.3 is 5.97 Å². The minimum atomic E-state index is -0.563. The molecule has 3 N–H and O–H groups in total. The van der Waals surface area contributed by atoms with E-state index >= 15 is 0 Å². The summed E-state index contributed by atoms with van der Waals surface area (Å²) < 4.78 is 5.28. The van der Waals surface area contributed by atoms with E-state index in [-0.39, 0.29) is 36.5 Å². The first-order valence-electron chi connectivity index (χ1n) is 10.7. The zero-order valence-corrected chi connectivity index (χ0v) is 19.0. The van der Waals surface area contributed by atoms with Crippen LogP contribution in [0, 0.1) is 0 Å². The Bertz CT molecular complexity index is 989. The lowest BCUT2D eigenvalue weighted by atomic mass is 10.1. The summed E-state index contributed by atoms with van der Waals surface area (Å²) >= 11 is 0. The van der Waals surface area contributed by atoms with Crippen molar-refractivity contribution in [1.29, 1.82) is 0 Å². The largest absolute Gasteiger partial charge is 0.507 e. The van der Waals surface area contributed by atoms with E-state index in [1.165, 1.54) is 0 Å². The van der Waals surface area contributed by atoms with Crippen LogP contribution < -0.4 is 10.6 Å². The summed E-state index contributed by atoms with van der Waals surface area (Å²) in [6.07, 6.45) is 0.184. The molecule has 0 bridgehead atoms. The molecule has 3 rings (SSSR count). The fourth-order valence-electron chi connectivity index (χ4n) is 3.76. The smallest absolute Gasteiger partial charge is 0.306 e. The summed E-state index contributed by atoms with van der Waals surface area (Å²) in [6, 6.07) is 8.65. The van der Waals surface area contributed by atoms with Crippen LogP contribution in [0.3, 0.4) is 0 Å². The fourth-order valence-corrected chi connectivity index (χ4v) is 3.76. The Hall–Kier alpha value is -3.36.